The molecule has 35 heavy (non-hydrogen) atoms. The molecule has 6 atom stereocenters. The Morgan fingerprint density at radius 3 is 2.83 bits per heavy atom. The smallest absolute Gasteiger partial charge is 0.268 e. The van der Waals surface area contributed by atoms with Crippen molar-refractivity contribution in [2.75, 3.05) is 32.7 Å². The molecule has 2 aromatic rings. The fourth-order valence-corrected chi connectivity index (χ4v) is 8.22. The number of amides is 2. The van der Waals surface area contributed by atoms with Crippen LogP contribution in [0.4, 0.5) is 0 Å². The number of pyridine rings is 1. The summed E-state index contributed by atoms with van der Waals surface area (Å²) in [5, 5.41) is 14.1. The van der Waals surface area contributed by atoms with Gasteiger partial charge in [-0.3, -0.25) is 18.9 Å². The summed E-state index contributed by atoms with van der Waals surface area (Å²) in [7, 11) is 0. The van der Waals surface area contributed by atoms with E-state index in [9.17, 15) is 14.7 Å². The molecule has 3 heterocycles. The van der Waals surface area contributed by atoms with E-state index in [1.807, 2.05) is 38.6 Å². The molecule has 2 N–H and O–H groups in total. The van der Waals surface area contributed by atoms with Crippen LogP contribution < -0.4 is 5.32 Å². The number of fused-ring (bicyclic) bond motifs is 3. The zero-order valence-electron chi connectivity index (χ0n) is 20.4. The highest BCUT2D eigenvalue weighted by Crippen LogP contribution is 2.83. The van der Waals surface area contributed by atoms with Gasteiger partial charge in [0, 0.05) is 52.3 Å². The maximum Gasteiger partial charge on any atom is 0.268 e. The van der Waals surface area contributed by atoms with Gasteiger partial charge in [0.05, 0.1) is 5.69 Å². The van der Waals surface area contributed by atoms with Crippen molar-refractivity contribution >= 4 is 17.5 Å². The normalized spacial score (nSPS) is 35.9. The average molecular weight is 478 g/mol. The van der Waals surface area contributed by atoms with Crippen molar-refractivity contribution in [3.05, 3.63) is 35.8 Å². The number of aliphatic hydroxyl groups excluding tert-OH is 1. The number of imidazole rings is 1. The lowest BCUT2D eigenvalue weighted by Gasteiger charge is -2.36. The first-order valence-electron chi connectivity index (χ1n) is 13.3. The molecule has 8 nitrogen and oxygen atoms in total. The Morgan fingerprint density at radius 2 is 2.03 bits per heavy atom. The van der Waals surface area contributed by atoms with Gasteiger partial charge in [-0.2, -0.15) is 0 Å². The quantitative estimate of drug-likeness (QED) is 0.664. The van der Waals surface area contributed by atoms with Crippen LogP contribution >= 0.6 is 0 Å². The molecule has 4 aliphatic carbocycles. The predicted molar refractivity (Wildman–Crippen MR) is 129 cm³/mol. The molecule has 5 aliphatic rings. The van der Waals surface area contributed by atoms with Crippen LogP contribution in [0.1, 0.15) is 55.2 Å². The minimum atomic E-state index is -0.663. The van der Waals surface area contributed by atoms with E-state index in [1.165, 1.54) is 32.1 Å². The summed E-state index contributed by atoms with van der Waals surface area (Å²) in [6.45, 7) is 4.93. The molecule has 8 heteroatoms. The summed E-state index contributed by atoms with van der Waals surface area (Å²) in [5.74, 6) is 2.89. The Labute approximate surface area is 205 Å². The maximum absolute atomic E-state index is 13.3. The topological polar surface area (TPSA) is 90.2 Å². The van der Waals surface area contributed by atoms with Crippen molar-refractivity contribution in [2.45, 2.75) is 51.7 Å². The van der Waals surface area contributed by atoms with E-state index in [4.69, 9.17) is 0 Å². The van der Waals surface area contributed by atoms with Crippen LogP contribution in [0, 0.1) is 28.6 Å². The number of aliphatic hydroxyl groups is 1. The van der Waals surface area contributed by atoms with Crippen molar-refractivity contribution in [3.8, 4) is 0 Å². The molecular formula is C27H35N5O3. The minimum absolute atomic E-state index is 0.0395. The van der Waals surface area contributed by atoms with E-state index in [0.29, 0.717) is 49.1 Å². The van der Waals surface area contributed by atoms with E-state index in [0.717, 1.165) is 35.6 Å². The van der Waals surface area contributed by atoms with Crippen LogP contribution in [0.2, 0.25) is 0 Å². The molecule has 7 rings (SSSR count). The highest BCUT2D eigenvalue weighted by Gasteiger charge is 2.76. The van der Waals surface area contributed by atoms with E-state index < -0.39 is 6.23 Å². The zero-order chi connectivity index (χ0) is 23.9. The number of carbonyl (C=O) groups excluding carboxylic acids is 2. The number of aromatic nitrogens is 2. The first kappa shape index (κ1) is 21.8. The van der Waals surface area contributed by atoms with Gasteiger partial charge in [0.2, 0.25) is 5.91 Å². The van der Waals surface area contributed by atoms with E-state index in [2.05, 4.69) is 10.3 Å². The van der Waals surface area contributed by atoms with Crippen molar-refractivity contribution in [2.24, 2.45) is 28.6 Å². The van der Waals surface area contributed by atoms with Crippen LogP contribution in [0.25, 0.3) is 5.65 Å². The van der Waals surface area contributed by atoms with Crippen LogP contribution in [-0.4, -0.2) is 75.1 Å². The summed E-state index contributed by atoms with van der Waals surface area (Å²) < 4.78 is 1.86. The van der Waals surface area contributed by atoms with Gasteiger partial charge in [-0.05, 0) is 72.8 Å². The standard InChI is InChI=1S/C27H35N5O3/c1-17(33)30-5-7-31(8-6-30)24(34)10-20-14-32-22(3-2-4-23(32)29-20)25(35)28-16-26-11-18-9-21(18)27(15-26)13-19(27)12-26/h2-4,14,18-19,21,24,34H,5-13,15-16H2,1H3,(H,28,35). The second-order valence-electron chi connectivity index (χ2n) is 12.1. The van der Waals surface area contributed by atoms with E-state index >= 15 is 0 Å². The van der Waals surface area contributed by atoms with E-state index in [1.54, 1.807) is 6.92 Å². The molecule has 6 unspecified atom stereocenters. The van der Waals surface area contributed by atoms with Crippen molar-refractivity contribution < 1.29 is 14.7 Å². The number of rotatable bonds is 6. The van der Waals surface area contributed by atoms with Gasteiger partial charge < -0.3 is 15.3 Å². The highest BCUT2D eigenvalue weighted by atomic mass is 16.3. The summed E-state index contributed by atoms with van der Waals surface area (Å²) in [4.78, 5) is 33.3. The lowest BCUT2D eigenvalue weighted by molar-refractivity contribution is -0.132. The van der Waals surface area contributed by atoms with Crippen molar-refractivity contribution in [3.63, 3.8) is 0 Å². The molecule has 2 bridgehead atoms. The molecule has 0 aromatic carbocycles. The van der Waals surface area contributed by atoms with Gasteiger partial charge in [-0.15, -0.1) is 0 Å². The molecule has 1 aliphatic heterocycles. The Morgan fingerprint density at radius 1 is 1.20 bits per heavy atom. The molecule has 4 saturated carbocycles. The second kappa shape index (κ2) is 7.53. The number of nitrogens with one attached hydrogen (secondary N) is 1. The van der Waals surface area contributed by atoms with Gasteiger partial charge in [-0.1, -0.05) is 6.07 Å². The zero-order valence-corrected chi connectivity index (χ0v) is 20.4. The Bertz CT molecular complexity index is 1200. The first-order chi connectivity index (χ1) is 16.9. The second-order valence-corrected chi connectivity index (χ2v) is 12.1. The Hall–Kier alpha value is -2.45. The number of carbonyl (C=O) groups is 2. The predicted octanol–water partition coefficient (Wildman–Crippen LogP) is 1.92. The minimum Gasteiger partial charge on any atom is -0.378 e. The summed E-state index contributed by atoms with van der Waals surface area (Å²) >= 11 is 0. The molecule has 2 amide bonds. The van der Waals surface area contributed by atoms with Crippen LogP contribution in [0.3, 0.4) is 0 Å². The molecule has 2 aromatic heterocycles. The maximum atomic E-state index is 13.3. The average Bonchev–Trinajstić information content (AvgIpc) is 3.69. The number of hydrogen-bond acceptors (Lipinski definition) is 5. The van der Waals surface area contributed by atoms with Gasteiger partial charge in [0.15, 0.2) is 0 Å². The molecule has 0 radical (unpaired) electrons. The Kier molecular flexibility index (Phi) is 4.69. The van der Waals surface area contributed by atoms with Gasteiger partial charge in [0.1, 0.15) is 17.6 Å². The summed E-state index contributed by atoms with van der Waals surface area (Å²) in [5.41, 5.74) is 3.06. The van der Waals surface area contributed by atoms with Crippen molar-refractivity contribution in [1.82, 2.24) is 24.5 Å². The largest absolute Gasteiger partial charge is 0.378 e. The molecule has 1 saturated heterocycles. The van der Waals surface area contributed by atoms with E-state index in [-0.39, 0.29) is 11.8 Å². The lowest BCUT2D eigenvalue weighted by Crippen LogP contribution is -2.52. The number of piperazine rings is 1. The highest BCUT2D eigenvalue weighted by molar-refractivity contribution is 5.93. The molecular weight excluding hydrogens is 442 g/mol. The number of hydrogen-bond donors (Lipinski definition) is 2. The molecule has 5 fully saturated rings. The fourth-order valence-electron chi connectivity index (χ4n) is 8.22. The third-order valence-corrected chi connectivity index (χ3v) is 9.99. The summed E-state index contributed by atoms with van der Waals surface area (Å²) in [6, 6.07) is 5.64. The SMILES string of the molecule is CC(=O)N1CCN(C(O)Cc2cn3c(C(=O)NCC45CC6CC6C6(CC6C4)C5)cccc3n2)CC1. The Balaban J connectivity index is 1.02. The molecule has 186 valence electrons. The van der Waals surface area contributed by atoms with Crippen LogP contribution in [0.5, 0.6) is 0 Å². The van der Waals surface area contributed by atoms with Crippen LogP contribution in [0.15, 0.2) is 24.4 Å². The third-order valence-electron chi connectivity index (χ3n) is 9.99. The van der Waals surface area contributed by atoms with Gasteiger partial charge in [0.25, 0.3) is 5.91 Å². The van der Waals surface area contributed by atoms with Crippen molar-refractivity contribution in [1.29, 1.82) is 0 Å². The fraction of sp³-hybridized carbons (Fsp3) is 0.667. The lowest BCUT2D eigenvalue weighted by atomic mass is 9.71. The first-order valence-corrected chi connectivity index (χ1v) is 13.3. The van der Waals surface area contributed by atoms with Gasteiger partial charge >= 0.3 is 0 Å². The number of nitrogens with zero attached hydrogens (tertiary/aromatic N) is 4. The summed E-state index contributed by atoms with van der Waals surface area (Å²) in [6.07, 6.45) is 8.41. The van der Waals surface area contributed by atoms with Gasteiger partial charge in [-0.25, -0.2) is 4.98 Å². The van der Waals surface area contributed by atoms with Crippen LogP contribution in [-0.2, 0) is 11.2 Å². The third kappa shape index (κ3) is 3.51. The monoisotopic (exact) mass is 477 g/mol. The molecule has 1 spiro atoms.